The van der Waals surface area contributed by atoms with Crippen molar-refractivity contribution < 1.29 is 28.6 Å². The maximum Gasteiger partial charge on any atom is 0.294 e. The summed E-state index contributed by atoms with van der Waals surface area (Å²) in [5, 5.41) is 2.17. The van der Waals surface area contributed by atoms with E-state index in [1.807, 2.05) is 19.1 Å². The van der Waals surface area contributed by atoms with E-state index in [0.717, 1.165) is 22.2 Å². The van der Waals surface area contributed by atoms with E-state index in [2.05, 4.69) is 5.32 Å². The number of aryl methyl sites for hydroxylation is 1. The van der Waals surface area contributed by atoms with E-state index in [0.29, 0.717) is 28.5 Å². The van der Waals surface area contributed by atoms with Crippen molar-refractivity contribution in [1.82, 2.24) is 4.90 Å². The number of rotatable bonds is 7. The second-order valence-electron chi connectivity index (χ2n) is 6.63. The van der Waals surface area contributed by atoms with Crippen molar-refractivity contribution in [2.45, 2.75) is 6.92 Å². The van der Waals surface area contributed by atoms with Crippen LogP contribution in [-0.2, 0) is 9.59 Å². The van der Waals surface area contributed by atoms with Crippen LogP contribution in [0.3, 0.4) is 0 Å². The first-order chi connectivity index (χ1) is 14.9. The SMILES string of the molecule is COc1cc(OC)c(/C=C2\SC(=O)N(CC(=O)Nc3cccc(C)c3)C2=O)c(OC)c1. The van der Waals surface area contributed by atoms with E-state index in [1.165, 1.54) is 27.4 Å². The molecule has 9 heteroatoms. The highest BCUT2D eigenvalue weighted by atomic mass is 32.2. The number of carbonyl (C=O) groups is 3. The van der Waals surface area contributed by atoms with Gasteiger partial charge in [0.15, 0.2) is 0 Å². The molecule has 31 heavy (non-hydrogen) atoms. The molecule has 3 rings (SSSR count). The highest BCUT2D eigenvalue weighted by molar-refractivity contribution is 8.18. The summed E-state index contributed by atoms with van der Waals surface area (Å²) in [5.41, 5.74) is 2.06. The Hall–Kier alpha value is -3.46. The maximum atomic E-state index is 12.8. The standard InChI is InChI=1S/C22H22N2O6S/c1-13-6-5-7-14(8-13)23-20(25)12-24-21(26)19(31-22(24)27)11-16-17(29-3)9-15(28-2)10-18(16)30-4/h5-11H,12H2,1-4H3,(H,23,25)/b19-11-. The summed E-state index contributed by atoms with van der Waals surface area (Å²) in [4.78, 5) is 38.7. The molecular formula is C22H22N2O6S. The molecule has 0 unspecified atom stereocenters. The number of nitrogens with zero attached hydrogens (tertiary/aromatic N) is 1. The number of methoxy groups -OCH3 is 3. The fourth-order valence-corrected chi connectivity index (χ4v) is 3.83. The predicted octanol–water partition coefficient (Wildman–Crippen LogP) is 3.70. The first-order valence-electron chi connectivity index (χ1n) is 9.28. The van der Waals surface area contributed by atoms with Crippen LogP contribution in [-0.4, -0.2) is 49.8 Å². The van der Waals surface area contributed by atoms with Crippen LogP contribution in [0.15, 0.2) is 41.3 Å². The van der Waals surface area contributed by atoms with E-state index in [1.54, 1.807) is 24.3 Å². The molecule has 1 aliphatic heterocycles. The highest BCUT2D eigenvalue weighted by Crippen LogP contribution is 2.39. The molecule has 0 radical (unpaired) electrons. The van der Waals surface area contributed by atoms with Crippen LogP contribution in [0.4, 0.5) is 10.5 Å². The van der Waals surface area contributed by atoms with Gasteiger partial charge < -0.3 is 19.5 Å². The zero-order valence-corrected chi connectivity index (χ0v) is 18.4. The second kappa shape index (κ2) is 9.57. The Morgan fingerprint density at radius 2 is 1.74 bits per heavy atom. The molecule has 3 amide bonds. The van der Waals surface area contributed by atoms with Crippen LogP contribution in [0.2, 0.25) is 0 Å². The summed E-state index contributed by atoms with van der Waals surface area (Å²) in [6.45, 7) is 1.52. The molecule has 0 atom stereocenters. The summed E-state index contributed by atoms with van der Waals surface area (Å²) in [5.74, 6) is 0.329. The van der Waals surface area contributed by atoms with Gasteiger partial charge in [-0.25, -0.2) is 0 Å². The molecule has 1 heterocycles. The summed E-state index contributed by atoms with van der Waals surface area (Å²) in [7, 11) is 4.47. The van der Waals surface area contributed by atoms with Crippen molar-refractivity contribution >= 4 is 40.6 Å². The normalized spacial score (nSPS) is 14.7. The number of hydrogen-bond acceptors (Lipinski definition) is 7. The third-order valence-corrected chi connectivity index (χ3v) is 5.41. The van der Waals surface area contributed by atoms with Gasteiger partial charge in [-0.05, 0) is 42.5 Å². The molecule has 0 spiro atoms. The van der Waals surface area contributed by atoms with Gasteiger partial charge in [-0.2, -0.15) is 0 Å². The van der Waals surface area contributed by atoms with Crippen molar-refractivity contribution in [3.63, 3.8) is 0 Å². The molecule has 1 saturated heterocycles. The lowest BCUT2D eigenvalue weighted by Gasteiger charge is -2.14. The number of amides is 3. The van der Waals surface area contributed by atoms with Crippen LogP contribution < -0.4 is 19.5 Å². The van der Waals surface area contributed by atoms with Gasteiger partial charge in [-0.15, -0.1) is 0 Å². The average Bonchev–Trinajstić information content (AvgIpc) is 3.01. The Kier molecular flexibility index (Phi) is 6.86. The third kappa shape index (κ3) is 5.00. The number of nitrogens with one attached hydrogen (secondary N) is 1. The maximum absolute atomic E-state index is 12.8. The van der Waals surface area contributed by atoms with Gasteiger partial charge in [0.2, 0.25) is 5.91 Å². The molecule has 162 valence electrons. The molecular weight excluding hydrogens is 420 g/mol. The van der Waals surface area contributed by atoms with Gasteiger partial charge in [0.25, 0.3) is 11.1 Å². The fourth-order valence-electron chi connectivity index (χ4n) is 3.01. The molecule has 0 aliphatic carbocycles. The van der Waals surface area contributed by atoms with Crippen molar-refractivity contribution in [2.24, 2.45) is 0 Å². The Bertz CT molecular complexity index is 1040. The lowest BCUT2D eigenvalue weighted by molar-refractivity contribution is -0.127. The number of benzene rings is 2. The molecule has 0 bridgehead atoms. The van der Waals surface area contributed by atoms with E-state index in [9.17, 15) is 14.4 Å². The van der Waals surface area contributed by atoms with Crippen LogP contribution in [0.5, 0.6) is 17.2 Å². The molecule has 1 N–H and O–H groups in total. The Labute approximate surface area is 184 Å². The molecule has 2 aromatic rings. The minimum absolute atomic E-state index is 0.162. The molecule has 0 aromatic heterocycles. The number of carbonyl (C=O) groups excluding carboxylic acids is 3. The summed E-state index contributed by atoms with van der Waals surface area (Å²) >= 11 is 0.752. The van der Waals surface area contributed by atoms with Crippen LogP contribution >= 0.6 is 11.8 Å². The topological polar surface area (TPSA) is 94.2 Å². The minimum atomic E-state index is -0.561. The number of ether oxygens (including phenoxy) is 3. The van der Waals surface area contributed by atoms with Crippen molar-refractivity contribution in [3.05, 3.63) is 52.4 Å². The van der Waals surface area contributed by atoms with E-state index >= 15 is 0 Å². The lowest BCUT2D eigenvalue weighted by atomic mass is 10.1. The van der Waals surface area contributed by atoms with Gasteiger partial charge in [0.1, 0.15) is 23.8 Å². The van der Waals surface area contributed by atoms with Gasteiger partial charge in [-0.3, -0.25) is 19.3 Å². The fraction of sp³-hybridized carbons (Fsp3) is 0.227. The van der Waals surface area contributed by atoms with Crippen LogP contribution in [0, 0.1) is 6.92 Å². The summed E-state index contributed by atoms with van der Waals surface area (Å²) < 4.78 is 16.0. The third-order valence-electron chi connectivity index (χ3n) is 4.51. The predicted molar refractivity (Wildman–Crippen MR) is 119 cm³/mol. The number of anilines is 1. The summed E-state index contributed by atoms with van der Waals surface area (Å²) in [6, 6.07) is 10.5. The molecule has 8 nitrogen and oxygen atoms in total. The van der Waals surface area contributed by atoms with E-state index < -0.39 is 17.1 Å². The van der Waals surface area contributed by atoms with Gasteiger partial charge in [0, 0.05) is 17.8 Å². The van der Waals surface area contributed by atoms with Crippen LogP contribution in [0.25, 0.3) is 6.08 Å². The number of thioether (sulfide) groups is 1. The lowest BCUT2D eigenvalue weighted by Crippen LogP contribution is -2.36. The Morgan fingerprint density at radius 1 is 1.06 bits per heavy atom. The number of hydrogen-bond donors (Lipinski definition) is 1. The largest absolute Gasteiger partial charge is 0.496 e. The molecule has 1 fully saturated rings. The molecule has 1 aliphatic rings. The minimum Gasteiger partial charge on any atom is -0.496 e. The zero-order valence-electron chi connectivity index (χ0n) is 17.6. The first-order valence-corrected chi connectivity index (χ1v) is 10.1. The average molecular weight is 442 g/mol. The van der Waals surface area contributed by atoms with Crippen molar-refractivity contribution in [1.29, 1.82) is 0 Å². The van der Waals surface area contributed by atoms with Crippen molar-refractivity contribution in [2.75, 3.05) is 33.2 Å². The van der Waals surface area contributed by atoms with Crippen molar-refractivity contribution in [3.8, 4) is 17.2 Å². The Morgan fingerprint density at radius 3 is 2.32 bits per heavy atom. The number of imide groups is 1. The second-order valence-corrected chi connectivity index (χ2v) is 7.62. The van der Waals surface area contributed by atoms with Gasteiger partial charge >= 0.3 is 0 Å². The van der Waals surface area contributed by atoms with E-state index in [4.69, 9.17) is 14.2 Å². The van der Waals surface area contributed by atoms with E-state index in [-0.39, 0.29) is 11.4 Å². The first kappa shape index (κ1) is 22.2. The van der Waals surface area contributed by atoms with Gasteiger partial charge in [-0.1, -0.05) is 12.1 Å². The highest BCUT2D eigenvalue weighted by Gasteiger charge is 2.36. The monoisotopic (exact) mass is 442 g/mol. The summed E-state index contributed by atoms with van der Waals surface area (Å²) in [6.07, 6.45) is 1.51. The zero-order chi connectivity index (χ0) is 22.5. The quantitative estimate of drug-likeness (QED) is 0.654. The smallest absolute Gasteiger partial charge is 0.294 e. The van der Waals surface area contributed by atoms with Gasteiger partial charge in [0.05, 0.1) is 31.8 Å². The molecule has 0 saturated carbocycles. The Balaban J connectivity index is 1.81. The molecule has 2 aromatic carbocycles. The van der Waals surface area contributed by atoms with Crippen LogP contribution in [0.1, 0.15) is 11.1 Å².